The predicted molar refractivity (Wildman–Crippen MR) is 96.8 cm³/mol. The summed E-state index contributed by atoms with van der Waals surface area (Å²) in [6.07, 6.45) is 4.15. The molecule has 3 rings (SSSR count). The van der Waals surface area contributed by atoms with Gasteiger partial charge in [-0.1, -0.05) is 49.6 Å². The van der Waals surface area contributed by atoms with Crippen molar-refractivity contribution >= 4 is 17.8 Å². The molecule has 1 atom stereocenters. The van der Waals surface area contributed by atoms with Gasteiger partial charge in [-0.25, -0.2) is 4.79 Å². The average molecular weight is 358 g/mol. The van der Waals surface area contributed by atoms with Crippen LogP contribution >= 0.6 is 0 Å². The highest BCUT2D eigenvalue weighted by Crippen LogP contribution is 2.33. The van der Waals surface area contributed by atoms with Gasteiger partial charge in [0, 0.05) is 6.04 Å². The molecule has 4 amide bonds. The summed E-state index contributed by atoms with van der Waals surface area (Å²) in [5, 5.41) is 3.64. The molecule has 2 aliphatic rings. The zero-order chi connectivity index (χ0) is 18.7. The highest BCUT2D eigenvalue weighted by molar-refractivity contribution is 6.08. The Kier molecular flexibility index (Phi) is 5.27. The third kappa shape index (κ3) is 3.58. The molecule has 1 aliphatic heterocycles. The van der Waals surface area contributed by atoms with E-state index in [0.717, 1.165) is 29.8 Å². The number of hydrazine groups is 1. The van der Waals surface area contributed by atoms with Crippen LogP contribution in [0.5, 0.6) is 0 Å². The molecule has 7 heteroatoms. The summed E-state index contributed by atoms with van der Waals surface area (Å²) < 4.78 is 0. The van der Waals surface area contributed by atoms with Crippen LogP contribution in [0.4, 0.5) is 4.79 Å². The first-order valence-electron chi connectivity index (χ1n) is 9.14. The highest BCUT2D eigenvalue weighted by Gasteiger charge is 2.52. The lowest BCUT2D eigenvalue weighted by Gasteiger charge is -2.30. The van der Waals surface area contributed by atoms with E-state index in [1.807, 2.05) is 49.2 Å². The Labute approximate surface area is 153 Å². The van der Waals surface area contributed by atoms with Crippen LogP contribution < -0.4 is 10.7 Å². The van der Waals surface area contributed by atoms with Gasteiger partial charge in [0.25, 0.3) is 11.8 Å². The van der Waals surface area contributed by atoms with E-state index in [4.69, 9.17) is 0 Å². The molecular formula is C19H26N4O3. The summed E-state index contributed by atoms with van der Waals surface area (Å²) in [5.74, 6) is -0.721. The highest BCUT2D eigenvalue weighted by atomic mass is 16.2. The third-order valence-electron chi connectivity index (χ3n) is 5.44. The van der Waals surface area contributed by atoms with Gasteiger partial charge in [-0.15, -0.1) is 0 Å². The zero-order valence-electron chi connectivity index (χ0n) is 15.3. The van der Waals surface area contributed by atoms with Crippen molar-refractivity contribution in [2.24, 2.45) is 0 Å². The first-order chi connectivity index (χ1) is 12.4. The number of nitrogens with zero attached hydrogens (tertiary/aromatic N) is 2. The largest absolute Gasteiger partial charge is 0.344 e. The van der Waals surface area contributed by atoms with E-state index >= 15 is 0 Å². The first-order valence-corrected chi connectivity index (χ1v) is 9.14. The van der Waals surface area contributed by atoms with Gasteiger partial charge in [-0.3, -0.25) is 19.9 Å². The summed E-state index contributed by atoms with van der Waals surface area (Å²) in [6, 6.07) is 9.36. The Bertz CT molecular complexity index is 685. The Balaban J connectivity index is 1.59. The summed E-state index contributed by atoms with van der Waals surface area (Å²) >= 11 is 0. The van der Waals surface area contributed by atoms with Crippen molar-refractivity contribution < 1.29 is 14.4 Å². The molecule has 140 valence electrons. The van der Waals surface area contributed by atoms with Crippen molar-refractivity contribution in [3.8, 4) is 0 Å². The standard InChI is InChI=1S/C19H26N4O3/c1-14(15-9-5-3-6-10-15)22(2)13-16(24)21-23-17(25)19(20-18(23)26)11-7-4-8-12-19/h3,5-6,9-10,14H,4,7-8,11-13H2,1-2H3,(H,20,26)(H,21,24)/t14-/m1/s1. The molecular weight excluding hydrogens is 332 g/mol. The van der Waals surface area contributed by atoms with E-state index < -0.39 is 11.6 Å². The Morgan fingerprint density at radius 1 is 1.23 bits per heavy atom. The molecule has 0 bridgehead atoms. The number of hydrogen-bond acceptors (Lipinski definition) is 4. The van der Waals surface area contributed by atoms with Crippen molar-refractivity contribution in [3.05, 3.63) is 35.9 Å². The summed E-state index contributed by atoms with van der Waals surface area (Å²) in [4.78, 5) is 39.1. The SMILES string of the molecule is C[C@H](c1ccccc1)N(C)CC(=O)NN1C(=O)NC2(CCCCC2)C1=O. The zero-order valence-corrected chi connectivity index (χ0v) is 15.3. The van der Waals surface area contributed by atoms with Gasteiger partial charge in [0.15, 0.2) is 0 Å². The molecule has 1 saturated heterocycles. The topological polar surface area (TPSA) is 81.8 Å². The minimum Gasteiger partial charge on any atom is -0.322 e. The fraction of sp³-hybridized carbons (Fsp3) is 0.526. The third-order valence-corrected chi connectivity index (χ3v) is 5.44. The second-order valence-corrected chi connectivity index (χ2v) is 7.25. The number of hydrogen-bond donors (Lipinski definition) is 2. The number of benzene rings is 1. The predicted octanol–water partition coefficient (Wildman–Crippen LogP) is 1.97. The fourth-order valence-electron chi connectivity index (χ4n) is 3.73. The normalized spacial score (nSPS) is 20.3. The van der Waals surface area contributed by atoms with Gasteiger partial charge < -0.3 is 5.32 Å². The maximum atomic E-state index is 12.7. The Hall–Kier alpha value is -2.41. The van der Waals surface area contributed by atoms with Gasteiger partial charge in [0.1, 0.15) is 5.54 Å². The van der Waals surface area contributed by atoms with Gasteiger partial charge in [-0.2, -0.15) is 5.01 Å². The van der Waals surface area contributed by atoms with Crippen molar-refractivity contribution in [1.29, 1.82) is 0 Å². The molecule has 1 spiro atoms. The van der Waals surface area contributed by atoms with Crippen LogP contribution in [-0.4, -0.2) is 46.9 Å². The lowest BCUT2D eigenvalue weighted by Crippen LogP contribution is -2.52. The smallest absolute Gasteiger partial charge is 0.322 e. The quantitative estimate of drug-likeness (QED) is 0.789. The Morgan fingerprint density at radius 2 is 1.88 bits per heavy atom. The van der Waals surface area contributed by atoms with Crippen LogP contribution in [0.2, 0.25) is 0 Å². The Morgan fingerprint density at radius 3 is 2.54 bits per heavy atom. The van der Waals surface area contributed by atoms with Crippen LogP contribution in [0.15, 0.2) is 30.3 Å². The molecule has 1 heterocycles. The van der Waals surface area contributed by atoms with E-state index in [1.165, 1.54) is 0 Å². The first kappa shape index (κ1) is 18.4. The number of rotatable bonds is 5. The minimum absolute atomic E-state index is 0.0368. The lowest BCUT2D eigenvalue weighted by atomic mass is 9.82. The molecule has 1 aromatic rings. The maximum absolute atomic E-state index is 12.7. The van der Waals surface area contributed by atoms with Crippen molar-refractivity contribution in [2.45, 2.75) is 50.6 Å². The number of urea groups is 1. The van der Waals surface area contributed by atoms with E-state index in [2.05, 4.69) is 10.7 Å². The summed E-state index contributed by atoms with van der Waals surface area (Å²) in [7, 11) is 1.84. The fourth-order valence-corrected chi connectivity index (χ4v) is 3.73. The number of amides is 4. The summed E-state index contributed by atoms with van der Waals surface area (Å²) in [6.45, 7) is 2.09. The van der Waals surface area contributed by atoms with E-state index in [0.29, 0.717) is 12.8 Å². The number of carbonyl (C=O) groups excluding carboxylic acids is 3. The minimum atomic E-state index is -0.828. The van der Waals surface area contributed by atoms with Crippen LogP contribution in [0, 0.1) is 0 Å². The van der Waals surface area contributed by atoms with Crippen molar-refractivity contribution in [3.63, 3.8) is 0 Å². The molecule has 0 unspecified atom stereocenters. The van der Waals surface area contributed by atoms with Gasteiger partial charge >= 0.3 is 6.03 Å². The molecule has 7 nitrogen and oxygen atoms in total. The molecule has 26 heavy (non-hydrogen) atoms. The maximum Gasteiger partial charge on any atom is 0.344 e. The van der Waals surface area contributed by atoms with Crippen molar-refractivity contribution in [1.82, 2.24) is 20.7 Å². The van der Waals surface area contributed by atoms with Gasteiger partial charge in [-0.05, 0) is 32.4 Å². The molecule has 0 radical (unpaired) electrons. The number of nitrogens with one attached hydrogen (secondary N) is 2. The molecule has 2 fully saturated rings. The van der Waals surface area contributed by atoms with Gasteiger partial charge in [0.2, 0.25) is 0 Å². The number of imide groups is 1. The van der Waals surface area contributed by atoms with Gasteiger partial charge in [0.05, 0.1) is 6.54 Å². The molecule has 1 saturated carbocycles. The van der Waals surface area contributed by atoms with Crippen LogP contribution in [0.3, 0.4) is 0 Å². The van der Waals surface area contributed by atoms with Crippen LogP contribution in [-0.2, 0) is 9.59 Å². The second-order valence-electron chi connectivity index (χ2n) is 7.25. The van der Waals surface area contributed by atoms with Crippen molar-refractivity contribution in [2.75, 3.05) is 13.6 Å². The molecule has 1 aromatic carbocycles. The number of likely N-dealkylation sites (N-methyl/N-ethyl adjacent to an activating group) is 1. The number of carbonyl (C=O) groups is 3. The summed E-state index contributed by atoms with van der Waals surface area (Å²) in [5.41, 5.74) is 2.75. The van der Waals surface area contributed by atoms with E-state index in [9.17, 15) is 14.4 Å². The molecule has 0 aromatic heterocycles. The van der Waals surface area contributed by atoms with Crippen LogP contribution in [0.1, 0.15) is 50.6 Å². The lowest BCUT2D eigenvalue weighted by molar-refractivity contribution is -0.140. The molecule has 1 aliphatic carbocycles. The van der Waals surface area contributed by atoms with E-state index in [-0.39, 0.29) is 24.4 Å². The monoisotopic (exact) mass is 358 g/mol. The van der Waals surface area contributed by atoms with E-state index in [1.54, 1.807) is 0 Å². The van der Waals surface area contributed by atoms with Crippen LogP contribution in [0.25, 0.3) is 0 Å². The average Bonchev–Trinajstić information content (AvgIpc) is 2.86. The molecule has 2 N–H and O–H groups in total. The second kappa shape index (κ2) is 7.45.